The Kier molecular flexibility index (Phi) is 5.59. The fourth-order valence-electron chi connectivity index (χ4n) is 3.68. The molecule has 0 unspecified atom stereocenters. The van der Waals surface area contributed by atoms with Crippen molar-refractivity contribution in [3.63, 3.8) is 0 Å². The number of ether oxygens (including phenoxy) is 1. The lowest BCUT2D eigenvalue weighted by atomic mass is 9.88. The maximum atomic E-state index is 12.1. The van der Waals surface area contributed by atoms with Crippen molar-refractivity contribution in [2.75, 3.05) is 26.2 Å². The van der Waals surface area contributed by atoms with Gasteiger partial charge >= 0.3 is 0 Å². The van der Waals surface area contributed by atoms with E-state index in [-0.39, 0.29) is 17.6 Å². The molecule has 0 aromatic carbocycles. The quantitative estimate of drug-likeness (QED) is 0.830. The number of hydrogen-bond donors (Lipinski definition) is 1. The molecule has 2 fully saturated rings. The molecule has 2 saturated heterocycles. The van der Waals surface area contributed by atoms with E-state index in [1.807, 2.05) is 0 Å². The van der Waals surface area contributed by atoms with Gasteiger partial charge in [0.15, 0.2) is 12.1 Å². The number of rotatable bonds is 5. The second kappa shape index (κ2) is 7.70. The van der Waals surface area contributed by atoms with Crippen molar-refractivity contribution in [3.05, 3.63) is 29.5 Å². The lowest BCUT2D eigenvalue weighted by Crippen LogP contribution is -2.45. The number of carbonyl (C=O) groups excluding carboxylic acids is 1. The molecule has 1 aromatic rings. The number of oxazole rings is 1. The number of aryl methyl sites for hydroxylation is 1. The first-order valence-electron chi connectivity index (χ1n) is 9.19. The van der Waals surface area contributed by atoms with Crippen molar-refractivity contribution in [1.82, 2.24) is 15.2 Å². The number of piperidine rings is 1. The summed E-state index contributed by atoms with van der Waals surface area (Å²) < 4.78 is 11.4. The van der Waals surface area contributed by atoms with Crippen LogP contribution in [0.5, 0.6) is 0 Å². The van der Waals surface area contributed by atoms with Crippen LogP contribution in [0.2, 0.25) is 0 Å². The Labute approximate surface area is 149 Å². The molecule has 138 valence electrons. The molecule has 3 heterocycles. The first-order valence-corrected chi connectivity index (χ1v) is 9.19. The summed E-state index contributed by atoms with van der Waals surface area (Å²) in [5, 5.41) is 2.93. The third-order valence-corrected chi connectivity index (χ3v) is 5.31. The third kappa shape index (κ3) is 4.50. The average molecular weight is 347 g/mol. The van der Waals surface area contributed by atoms with Gasteiger partial charge in [-0.2, -0.15) is 0 Å². The molecule has 0 radical (unpaired) electrons. The Morgan fingerprint density at radius 2 is 2.16 bits per heavy atom. The van der Waals surface area contributed by atoms with Gasteiger partial charge in [-0.1, -0.05) is 11.6 Å². The summed E-state index contributed by atoms with van der Waals surface area (Å²) in [4.78, 5) is 18.6. The van der Waals surface area contributed by atoms with Gasteiger partial charge in [-0.3, -0.25) is 9.69 Å². The maximum Gasteiger partial charge on any atom is 0.273 e. The summed E-state index contributed by atoms with van der Waals surface area (Å²) in [6.45, 7) is 9.77. The van der Waals surface area contributed by atoms with Crippen molar-refractivity contribution in [3.8, 4) is 0 Å². The summed E-state index contributed by atoms with van der Waals surface area (Å²) in [6.07, 6.45) is 7.94. The highest BCUT2D eigenvalue weighted by Crippen LogP contribution is 2.38. The van der Waals surface area contributed by atoms with Crippen LogP contribution in [-0.2, 0) is 4.74 Å². The molecular weight excluding hydrogens is 318 g/mol. The van der Waals surface area contributed by atoms with E-state index in [0.29, 0.717) is 18.0 Å². The van der Waals surface area contributed by atoms with Crippen LogP contribution in [0.15, 0.2) is 22.5 Å². The Bertz CT molecular complexity index is 626. The molecule has 2 aliphatic rings. The predicted molar refractivity (Wildman–Crippen MR) is 95.5 cm³/mol. The fourth-order valence-corrected chi connectivity index (χ4v) is 3.68. The number of carbonyl (C=O) groups is 1. The summed E-state index contributed by atoms with van der Waals surface area (Å²) in [5.41, 5.74) is 1.75. The number of allylic oxidation sites excluding steroid dienone is 1. The standard InChI is InChI=1S/C19H29N3O3/c1-14(2)5-9-22-10-7-19(8-11-22)6-4-16(25-19)12-20-18(23)17-15(3)24-13-21-17/h5,13,16H,4,6-12H2,1-3H3,(H,20,23)/t16-/m1/s1. The SMILES string of the molecule is CC(C)=CCN1CCC2(CC[C@H](CNC(=O)c3ncoc3C)O2)CC1. The predicted octanol–water partition coefficient (Wildman–Crippen LogP) is 2.69. The third-order valence-electron chi connectivity index (χ3n) is 5.31. The molecular formula is C19H29N3O3. The Balaban J connectivity index is 1.44. The van der Waals surface area contributed by atoms with Gasteiger partial charge in [0.25, 0.3) is 5.91 Å². The molecule has 2 aliphatic heterocycles. The van der Waals surface area contributed by atoms with Crippen molar-refractivity contribution in [2.24, 2.45) is 0 Å². The van der Waals surface area contributed by atoms with Crippen LogP contribution in [0.3, 0.4) is 0 Å². The van der Waals surface area contributed by atoms with E-state index < -0.39 is 0 Å². The molecule has 1 N–H and O–H groups in total. The Morgan fingerprint density at radius 1 is 1.40 bits per heavy atom. The molecule has 1 amide bonds. The van der Waals surface area contributed by atoms with Gasteiger partial charge in [0.05, 0.1) is 11.7 Å². The van der Waals surface area contributed by atoms with Crippen molar-refractivity contribution in [2.45, 2.75) is 58.2 Å². The molecule has 1 spiro atoms. The van der Waals surface area contributed by atoms with Gasteiger partial charge in [0.1, 0.15) is 5.76 Å². The lowest BCUT2D eigenvalue weighted by molar-refractivity contribution is -0.0741. The monoisotopic (exact) mass is 347 g/mol. The second-order valence-corrected chi connectivity index (χ2v) is 7.51. The molecule has 1 atom stereocenters. The molecule has 1 aromatic heterocycles. The van der Waals surface area contributed by atoms with E-state index in [1.165, 1.54) is 12.0 Å². The number of aromatic nitrogens is 1. The highest BCUT2D eigenvalue weighted by molar-refractivity contribution is 5.93. The van der Waals surface area contributed by atoms with Crippen LogP contribution in [0.4, 0.5) is 0 Å². The smallest absolute Gasteiger partial charge is 0.273 e. The molecule has 0 aliphatic carbocycles. The second-order valence-electron chi connectivity index (χ2n) is 7.51. The Hall–Kier alpha value is -1.66. The maximum absolute atomic E-state index is 12.1. The molecule has 6 nitrogen and oxygen atoms in total. The van der Waals surface area contributed by atoms with E-state index in [4.69, 9.17) is 9.15 Å². The van der Waals surface area contributed by atoms with Gasteiger partial charge in [0, 0.05) is 26.2 Å². The number of amides is 1. The number of likely N-dealkylation sites (tertiary alicyclic amines) is 1. The fraction of sp³-hybridized carbons (Fsp3) is 0.684. The lowest BCUT2D eigenvalue weighted by Gasteiger charge is -2.39. The summed E-state index contributed by atoms with van der Waals surface area (Å²) in [6, 6.07) is 0. The van der Waals surface area contributed by atoms with Crippen LogP contribution in [0.25, 0.3) is 0 Å². The van der Waals surface area contributed by atoms with Crippen LogP contribution >= 0.6 is 0 Å². The first-order chi connectivity index (χ1) is 12.0. The summed E-state index contributed by atoms with van der Waals surface area (Å²) in [5.74, 6) is 0.359. The van der Waals surface area contributed by atoms with E-state index in [9.17, 15) is 4.79 Å². The summed E-state index contributed by atoms with van der Waals surface area (Å²) in [7, 11) is 0. The highest BCUT2D eigenvalue weighted by atomic mass is 16.5. The number of nitrogens with one attached hydrogen (secondary N) is 1. The average Bonchev–Trinajstić information content (AvgIpc) is 3.19. The molecule has 3 rings (SSSR count). The van der Waals surface area contributed by atoms with E-state index in [2.05, 4.69) is 35.1 Å². The highest BCUT2D eigenvalue weighted by Gasteiger charge is 2.42. The van der Waals surface area contributed by atoms with Crippen LogP contribution in [0.1, 0.15) is 55.8 Å². The van der Waals surface area contributed by atoms with Gasteiger partial charge in [-0.05, 0) is 46.5 Å². The molecule has 0 saturated carbocycles. The van der Waals surface area contributed by atoms with Crippen molar-refractivity contribution in [1.29, 1.82) is 0 Å². The van der Waals surface area contributed by atoms with Crippen LogP contribution < -0.4 is 5.32 Å². The van der Waals surface area contributed by atoms with Crippen molar-refractivity contribution < 1.29 is 13.9 Å². The molecule has 6 heteroatoms. The Morgan fingerprint density at radius 3 is 2.80 bits per heavy atom. The topological polar surface area (TPSA) is 67.6 Å². The summed E-state index contributed by atoms with van der Waals surface area (Å²) >= 11 is 0. The van der Waals surface area contributed by atoms with Gasteiger partial charge in [0.2, 0.25) is 0 Å². The normalized spacial score (nSPS) is 22.9. The van der Waals surface area contributed by atoms with Gasteiger partial charge < -0.3 is 14.5 Å². The zero-order valence-corrected chi connectivity index (χ0v) is 15.5. The van der Waals surface area contributed by atoms with E-state index in [1.54, 1.807) is 6.92 Å². The minimum Gasteiger partial charge on any atom is -0.448 e. The van der Waals surface area contributed by atoms with E-state index in [0.717, 1.165) is 45.3 Å². The van der Waals surface area contributed by atoms with Gasteiger partial charge in [-0.15, -0.1) is 0 Å². The number of nitrogens with zero attached hydrogens (tertiary/aromatic N) is 2. The van der Waals surface area contributed by atoms with Gasteiger partial charge in [-0.25, -0.2) is 4.98 Å². The molecule has 25 heavy (non-hydrogen) atoms. The van der Waals surface area contributed by atoms with Crippen LogP contribution in [0, 0.1) is 6.92 Å². The van der Waals surface area contributed by atoms with E-state index >= 15 is 0 Å². The minimum absolute atomic E-state index is 0.0146. The van der Waals surface area contributed by atoms with Crippen molar-refractivity contribution >= 4 is 5.91 Å². The zero-order chi connectivity index (χ0) is 17.9. The first kappa shape index (κ1) is 18.1. The minimum atomic E-state index is -0.188. The largest absolute Gasteiger partial charge is 0.448 e. The molecule has 0 bridgehead atoms. The zero-order valence-electron chi connectivity index (χ0n) is 15.5. The van der Waals surface area contributed by atoms with Crippen LogP contribution in [-0.4, -0.2) is 53.7 Å². The number of hydrogen-bond acceptors (Lipinski definition) is 5.